The summed E-state index contributed by atoms with van der Waals surface area (Å²) in [5.41, 5.74) is 5.14. The Morgan fingerprint density at radius 2 is 2.00 bits per heavy atom. The molecule has 0 radical (unpaired) electrons. The molecule has 2 aromatic heterocycles. The van der Waals surface area contributed by atoms with Gasteiger partial charge in [-0.25, -0.2) is 0 Å². The van der Waals surface area contributed by atoms with E-state index in [9.17, 15) is 0 Å². The van der Waals surface area contributed by atoms with Crippen molar-refractivity contribution >= 4 is 5.69 Å². The first-order valence-electron chi connectivity index (χ1n) is 8.02. The fourth-order valence-corrected chi connectivity index (χ4v) is 2.48. The Bertz CT molecular complexity index is 831. The van der Waals surface area contributed by atoms with E-state index in [0.717, 1.165) is 22.6 Å². The number of hydrogen-bond acceptors (Lipinski definition) is 4. The zero-order valence-electron chi connectivity index (χ0n) is 14.9. The molecule has 134 valence electrons. The number of anilines is 1. The molecule has 1 aliphatic heterocycles. The molecule has 1 aliphatic rings. The molecule has 26 heavy (non-hydrogen) atoms. The maximum absolute atomic E-state index is 4.32. The van der Waals surface area contributed by atoms with E-state index in [1.54, 1.807) is 6.20 Å². The number of pyridine rings is 1. The average Bonchev–Trinajstić information content (AvgIpc) is 3.28. The summed E-state index contributed by atoms with van der Waals surface area (Å²) in [6, 6.07) is 15.0. The van der Waals surface area contributed by atoms with Crippen molar-refractivity contribution in [1.82, 2.24) is 20.1 Å². The Kier molecular flexibility index (Phi) is 7.13. The third kappa shape index (κ3) is 5.04. The van der Waals surface area contributed by atoms with E-state index in [1.807, 2.05) is 86.3 Å². The van der Waals surface area contributed by atoms with Gasteiger partial charge in [-0.1, -0.05) is 17.8 Å². The van der Waals surface area contributed by atoms with Crippen LogP contribution in [-0.4, -0.2) is 22.0 Å². The van der Waals surface area contributed by atoms with Crippen LogP contribution in [0.5, 0.6) is 0 Å². The Balaban J connectivity index is 0.000000180. The van der Waals surface area contributed by atoms with Crippen LogP contribution in [0, 0.1) is 26.6 Å². The number of hydrogen-bond donors (Lipinski definition) is 0. The molecule has 0 aliphatic carbocycles. The van der Waals surface area contributed by atoms with Gasteiger partial charge in [-0.3, -0.25) is 4.98 Å². The van der Waals surface area contributed by atoms with Gasteiger partial charge >= 0.3 is 20.1 Å². The SMILES string of the molecule is CN1C=CN(c2[c-]cccc2)[CH-]1.Cc1cnc(-c2ccn[n-]2)c(C)c1.[Ir+3]. The molecule has 0 amide bonds. The van der Waals surface area contributed by atoms with Gasteiger partial charge in [0.1, 0.15) is 0 Å². The zero-order chi connectivity index (χ0) is 17.6. The van der Waals surface area contributed by atoms with Crippen molar-refractivity contribution < 1.29 is 20.1 Å². The van der Waals surface area contributed by atoms with Gasteiger partial charge in [0.2, 0.25) is 0 Å². The van der Waals surface area contributed by atoms with Gasteiger partial charge in [0.15, 0.2) is 0 Å². The van der Waals surface area contributed by atoms with E-state index in [4.69, 9.17) is 0 Å². The normalized spacial score (nSPS) is 12.4. The fourth-order valence-electron chi connectivity index (χ4n) is 2.48. The zero-order valence-corrected chi connectivity index (χ0v) is 17.3. The van der Waals surface area contributed by atoms with E-state index in [1.165, 1.54) is 5.56 Å². The summed E-state index contributed by atoms with van der Waals surface area (Å²) in [6.45, 7) is 6.07. The number of aromatic nitrogens is 3. The molecule has 3 aromatic rings. The molecule has 0 bridgehead atoms. The van der Waals surface area contributed by atoms with E-state index >= 15 is 0 Å². The number of nitrogens with zero attached hydrogens (tertiary/aromatic N) is 5. The van der Waals surface area contributed by atoms with Crippen LogP contribution in [0.2, 0.25) is 0 Å². The Labute approximate surface area is 168 Å². The summed E-state index contributed by atoms with van der Waals surface area (Å²) >= 11 is 0. The van der Waals surface area contributed by atoms with Crippen molar-refractivity contribution in [3.63, 3.8) is 0 Å². The van der Waals surface area contributed by atoms with Crippen LogP contribution in [0.25, 0.3) is 11.4 Å². The molecule has 5 nitrogen and oxygen atoms in total. The van der Waals surface area contributed by atoms with Gasteiger partial charge in [0.05, 0.1) is 5.69 Å². The summed E-state index contributed by atoms with van der Waals surface area (Å²) in [6.07, 6.45) is 7.53. The Morgan fingerprint density at radius 3 is 2.58 bits per heavy atom. The largest absolute Gasteiger partial charge is 3.00 e. The third-order valence-electron chi connectivity index (χ3n) is 3.66. The third-order valence-corrected chi connectivity index (χ3v) is 3.66. The molecular formula is C20H20IrN5. The quantitative estimate of drug-likeness (QED) is 0.482. The second kappa shape index (κ2) is 9.32. The summed E-state index contributed by atoms with van der Waals surface area (Å²) < 4.78 is 0. The van der Waals surface area contributed by atoms with Gasteiger partial charge in [0, 0.05) is 12.4 Å². The number of para-hydroxylation sites is 1. The second-order valence-corrected chi connectivity index (χ2v) is 5.83. The van der Waals surface area contributed by atoms with Crippen LogP contribution in [0.4, 0.5) is 5.69 Å². The van der Waals surface area contributed by atoms with Crippen molar-refractivity contribution in [2.24, 2.45) is 0 Å². The minimum absolute atomic E-state index is 0. The van der Waals surface area contributed by atoms with Gasteiger partial charge in [-0.05, 0) is 44.4 Å². The molecule has 4 rings (SSSR count). The predicted molar refractivity (Wildman–Crippen MR) is 99.2 cm³/mol. The van der Waals surface area contributed by atoms with Crippen LogP contribution in [-0.2, 0) is 20.1 Å². The van der Waals surface area contributed by atoms with Gasteiger partial charge < -0.3 is 20.0 Å². The van der Waals surface area contributed by atoms with Crippen LogP contribution in [0.3, 0.4) is 0 Å². The maximum atomic E-state index is 4.32. The molecule has 0 unspecified atom stereocenters. The van der Waals surface area contributed by atoms with E-state index < -0.39 is 0 Å². The Morgan fingerprint density at radius 1 is 1.15 bits per heavy atom. The van der Waals surface area contributed by atoms with Crippen molar-refractivity contribution in [3.8, 4) is 11.4 Å². The maximum Gasteiger partial charge on any atom is 3.00 e. The molecule has 0 spiro atoms. The first-order chi connectivity index (χ1) is 12.1. The molecule has 1 aromatic carbocycles. The van der Waals surface area contributed by atoms with Crippen molar-refractivity contribution in [1.29, 1.82) is 0 Å². The average molecular weight is 523 g/mol. The molecule has 6 heteroatoms. The van der Waals surface area contributed by atoms with Crippen molar-refractivity contribution in [3.05, 3.63) is 85.1 Å². The molecule has 0 N–H and O–H groups in total. The summed E-state index contributed by atoms with van der Waals surface area (Å²) in [5.74, 6) is 0. The van der Waals surface area contributed by atoms with E-state index in [2.05, 4.69) is 27.3 Å². The molecule has 0 atom stereocenters. The van der Waals surface area contributed by atoms with Crippen LogP contribution in [0.1, 0.15) is 11.1 Å². The topological polar surface area (TPSA) is 46.4 Å². The fraction of sp³-hybridized carbons (Fsp3) is 0.150. The van der Waals surface area contributed by atoms with E-state index in [0.29, 0.717) is 0 Å². The van der Waals surface area contributed by atoms with Crippen LogP contribution in [0.15, 0.2) is 61.2 Å². The molecule has 0 fully saturated rings. The molecule has 0 saturated carbocycles. The van der Waals surface area contributed by atoms with Crippen molar-refractivity contribution in [2.45, 2.75) is 13.8 Å². The smallest absolute Gasteiger partial charge is 0.574 e. The first kappa shape index (κ1) is 19.9. The predicted octanol–water partition coefficient (Wildman–Crippen LogP) is 3.54. The molecular weight excluding hydrogens is 502 g/mol. The molecule has 3 heterocycles. The monoisotopic (exact) mass is 523 g/mol. The standard InChI is InChI=1S/C10H10N3.C10H10N2.Ir/c1-7-5-8(2)10(11-6-7)9-3-4-12-13-9;1-11-7-8-12(9-11)10-5-3-2-4-6-10;/h3-6H,1-2H3;2-5,7-9H,1H3;/q-1;-2;+3. The number of benzene rings is 1. The first-order valence-corrected chi connectivity index (χ1v) is 8.02. The van der Waals surface area contributed by atoms with Gasteiger partial charge in [0.25, 0.3) is 0 Å². The summed E-state index contributed by atoms with van der Waals surface area (Å²) in [4.78, 5) is 8.35. The minimum atomic E-state index is 0. The second-order valence-electron chi connectivity index (χ2n) is 5.83. The Hall–Kier alpha value is -2.43. The molecule has 0 saturated heterocycles. The van der Waals surface area contributed by atoms with E-state index in [-0.39, 0.29) is 20.1 Å². The number of aryl methyl sites for hydroxylation is 2. The van der Waals surface area contributed by atoms with Crippen molar-refractivity contribution in [2.75, 3.05) is 11.9 Å². The summed E-state index contributed by atoms with van der Waals surface area (Å²) in [7, 11) is 2.00. The van der Waals surface area contributed by atoms with Crippen LogP contribution >= 0.6 is 0 Å². The minimum Gasteiger partial charge on any atom is -0.574 e. The van der Waals surface area contributed by atoms with Gasteiger partial charge in [-0.2, -0.15) is 37.0 Å². The van der Waals surface area contributed by atoms with Crippen LogP contribution < -0.4 is 10.00 Å². The van der Waals surface area contributed by atoms with Gasteiger partial charge in [-0.15, -0.1) is 5.69 Å². The number of rotatable bonds is 2. The summed E-state index contributed by atoms with van der Waals surface area (Å²) in [5, 5.41) is 7.74.